The lowest BCUT2D eigenvalue weighted by molar-refractivity contribution is 0.160. The molecule has 0 spiro atoms. The fraction of sp³-hybridized carbons (Fsp3) is 0.727. The topological polar surface area (TPSA) is 53.1 Å². The minimum atomic E-state index is 0.492. The molecule has 1 aliphatic rings. The Bertz CT molecular complexity index is 213. The summed E-state index contributed by atoms with van der Waals surface area (Å²) in [5.74, 6) is 0.492. The Hall–Kier alpha value is -0.830. The summed E-state index contributed by atoms with van der Waals surface area (Å²) < 4.78 is 0. The van der Waals surface area contributed by atoms with Gasteiger partial charge in [-0.05, 0) is 45.9 Å². The zero-order chi connectivity index (χ0) is 10.6. The van der Waals surface area contributed by atoms with Crippen LogP contribution in [0.15, 0.2) is 11.8 Å². The molecule has 0 amide bonds. The van der Waals surface area contributed by atoms with Crippen molar-refractivity contribution in [3.63, 3.8) is 0 Å². The van der Waals surface area contributed by atoms with Crippen LogP contribution in [0.4, 0.5) is 0 Å². The van der Waals surface area contributed by atoms with Crippen molar-refractivity contribution in [1.82, 2.24) is 4.90 Å². The van der Waals surface area contributed by atoms with E-state index in [0.717, 1.165) is 31.6 Å². The van der Waals surface area contributed by atoms with Crippen LogP contribution in [0.3, 0.4) is 0 Å². The van der Waals surface area contributed by atoms with Crippen LogP contribution in [0.2, 0.25) is 0 Å². The first-order valence-corrected chi connectivity index (χ1v) is 5.35. The summed E-state index contributed by atoms with van der Waals surface area (Å²) >= 11 is 0. The van der Waals surface area contributed by atoms with Crippen LogP contribution in [0, 0.1) is 11.3 Å². The molecule has 0 unspecified atom stereocenters. The maximum absolute atomic E-state index is 6.97. The van der Waals surface area contributed by atoms with Crippen LogP contribution in [-0.2, 0) is 0 Å². The number of rotatable bonds is 3. The number of nitrogens with zero attached hydrogens (tertiary/aromatic N) is 1. The summed E-state index contributed by atoms with van der Waals surface area (Å²) in [5.41, 5.74) is 6.75. The Morgan fingerprint density at radius 1 is 1.43 bits per heavy atom. The van der Waals surface area contributed by atoms with Crippen molar-refractivity contribution in [2.24, 2.45) is 11.7 Å². The molecule has 3 heteroatoms. The van der Waals surface area contributed by atoms with E-state index in [1.54, 1.807) is 6.08 Å². The van der Waals surface area contributed by atoms with Crippen LogP contribution in [0.1, 0.15) is 26.7 Å². The van der Waals surface area contributed by atoms with E-state index in [-0.39, 0.29) is 0 Å². The lowest BCUT2D eigenvalue weighted by Gasteiger charge is -2.34. The van der Waals surface area contributed by atoms with E-state index in [2.05, 4.69) is 18.7 Å². The number of allylic oxidation sites excluding steroid dienone is 2. The molecule has 0 aromatic carbocycles. The van der Waals surface area contributed by atoms with Crippen molar-refractivity contribution in [2.75, 3.05) is 13.1 Å². The second-order valence-electron chi connectivity index (χ2n) is 4.24. The first-order chi connectivity index (χ1) is 6.65. The van der Waals surface area contributed by atoms with Gasteiger partial charge in [-0.2, -0.15) is 0 Å². The Labute approximate surface area is 86.5 Å². The van der Waals surface area contributed by atoms with Gasteiger partial charge in [0.25, 0.3) is 0 Å². The molecule has 0 atom stereocenters. The quantitative estimate of drug-likeness (QED) is 0.672. The van der Waals surface area contributed by atoms with Gasteiger partial charge in [-0.1, -0.05) is 0 Å². The average Bonchev–Trinajstić information content (AvgIpc) is 2.18. The molecule has 1 rings (SSSR count). The van der Waals surface area contributed by atoms with Gasteiger partial charge in [0.05, 0.1) is 0 Å². The molecular formula is C11H21N3. The molecule has 3 nitrogen and oxygen atoms in total. The predicted octanol–water partition coefficient (Wildman–Crippen LogP) is 1.60. The highest BCUT2D eigenvalue weighted by atomic mass is 15.1. The molecule has 3 N–H and O–H groups in total. The number of likely N-dealkylation sites (tertiary alicyclic amines) is 1. The molecule has 80 valence electrons. The van der Waals surface area contributed by atoms with Crippen LogP contribution in [0.5, 0.6) is 0 Å². The zero-order valence-electron chi connectivity index (χ0n) is 9.16. The molecule has 0 bridgehead atoms. The second kappa shape index (κ2) is 5.15. The third kappa shape index (κ3) is 2.84. The first kappa shape index (κ1) is 11.2. The number of hydrogen-bond acceptors (Lipinski definition) is 3. The van der Waals surface area contributed by atoms with Crippen molar-refractivity contribution in [3.8, 4) is 0 Å². The summed E-state index contributed by atoms with van der Waals surface area (Å²) in [6, 6.07) is 0.642. The summed E-state index contributed by atoms with van der Waals surface area (Å²) in [5, 5.41) is 6.97. The minimum absolute atomic E-state index is 0.492. The van der Waals surface area contributed by atoms with E-state index in [1.165, 1.54) is 6.21 Å². The fourth-order valence-corrected chi connectivity index (χ4v) is 1.98. The van der Waals surface area contributed by atoms with Crippen LogP contribution >= 0.6 is 0 Å². The molecule has 1 aliphatic heterocycles. The summed E-state index contributed by atoms with van der Waals surface area (Å²) in [6.45, 7) is 6.73. The molecule has 14 heavy (non-hydrogen) atoms. The average molecular weight is 195 g/mol. The van der Waals surface area contributed by atoms with E-state index < -0.39 is 0 Å². The normalized spacial score (nSPS) is 21.5. The van der Waals surface area contributed by atoms with Crippen LogP contribution in [-0.4, -0.2) is 30.2 Å². The number of piperidine rings is 1. The fourth-order valence-electron chi connectivity index (χ4n) is 1.98. The van der Waals surface area contributed by atoms with E-state index in [4.69, 9.17) is 11.1 Å². The third-order valence-electron chi connectivity index (χ3n) is 3.01. The molecule has 0 aromatic heterocycles. The number of nitrogens with one attached hydrogen (secondary N) is 1. The monoisotopic (exact) mass is 195 g/mol. The van der Waals surface area contributed by atoms with Crippen molar-refractivity contribution in [1.29, 1.82) is 5.41 Å². The van der Waals surface area contributed by atoms with E-state index in [9.17, 15) is 0 Å². The van der Waals surface area contributed by atoms with Gasteiger partial charge < -0.3 is 16.0 Å². The maximum atomic E-state index is 6.97. The first-order valence-electron chi connectivity index (χ1n) is 5.35. The summed E-state index contributed by atoms with van der Waals surface area (Å²) in [6.07, 6.45) is 5.27. The molecule has 1 saturated heterocycles. The highest BCUT2D eigenvalue weighted by Crippen LogP contribution is 2.22. The number of nitrogens with two attached hydrogens (primary N) is 1. The minimum Gasteiger partial charge on any atom is -0.402 e. The van der Waals surface area contributed by atoms with Crippen LogP contribution in [0.25, 0.3) is 0 Å². The van der Waals surface area contributed by atoms with Crippen molar-refractivity contribution in [2.45, 2.75) is 32.7 Å². The molecule has 0 saturated carbocycles. The van der Waals surface area contributed by atoms with Gasteiger partial charge >= 0.3 is 0 Å². The van der Waals surface area contributed by atoms with Gasteiger partial charge in [-0.15, -0.1) is 0 Å². The molecular weight excluding hydrogens is 174 g/mol. The van der Waals surface area contributed by atoms with Crippen molar-refractivity contribution < 1.29 is 0 Å². The number of hydrogen-bond donors (Lipinski definition) is 2. The Balaban J connectivity index is 2.43. The van der Waals surface area contributed by atoms with Gasteiger partial charge in [-0.25, -0.2) is 0 Å². The van der Waals surface area contributed by atoms with E-state index in [0.29, 0.717) is 12.0 Å². The smallest absolute Gasteiger partial charge is 0.0194 e. The maximum Gasteiger partial charge on any atom is 0.0194 e. The van der Waals surface area contributed by atoms with Crippen LogP contribution < -0.4 is 5.73 Å². The molecule has 0 radical (unpaired) electrons. The zero-order valence-corrected chi connectivity index (χ0v) is 9.16. The highest BCUT2D eigenvalue weighted by molar-refractivity contribution is 5.68. The summed E-state index contributed by atoms with van der Waals surface area (Å²) in [7, 11) is 0. The molecule has 1 fully saturated rings. The van der Waals surface area contributed by atoms with Gasteiger partial charge in [0.1, 0.15) is 0 Å². The van der Waals surface area contributed by atoms with Crippen molar-refractivity contribution in [3.05, 3.63) is 11.8 Å². The molecule has 0 aromatic rings. The lowest BCUT2D eigenvalue weighted by Crippen LogP contribution is -2.39. The van der Waals surface area contributed by atoms with Crippen molar-refractivity contribution >= 4 is 6.21 Å². The Morgan fingerprint density at radius 3 is 2.43 bits per heavy atom. The third-order valence-corrected chi connectivity index (χ3v) is 3.01. The van der Waals surface area contributed by atoms with Gasteiger partial charge in [0.2, 0.25) is 0 Å². The Kier molecular flexibility index (Phi) is 4.14. The largest absolute Gasteiger partial charge is 0.402 e. The van der Waals surface area contributed by atoms with Gasteiger partial charge in [0, 0.05) is 23.9 Å². The predicted molar refractivity (Wildman–Crippen MR) is 60.5 cm³/mol. The van der Waals surface area contributed by atoms with E-state index in [1.807, 2.05) is 0 Å². The van der Waals surface area contributed by atoms with E-state index >= 15 is 0 Å². The molecule has 0 aliphatic carbocycles. The Morgan fingerprint density at radius 2 is 2.00 bits per heavy atom. The SMILES string of the molecule is CC(C)N1CCC(/C(N)=C/C=N)CC1. The standard InChI is InChI=1S/C11H21N3/c1-9(2)14-7-4-10(5-8-14)11(13)3-6-12/h3,6,9-10,12H,4-5,7-8,13H2,1-2H3/b11-3-,12-6?. The lowest BCUT2D eigenvalue weighted by atomic mass is 9.93. The second-order valence-corrected chi connectivity index (χ2v) is 4.24. The van der Waals surface area contributed by atoms with Gasteiger partial charge in [0.15, 0.2) is 0 Å². The highest BCUT2D eigenvalue weighted by Gasteiger charge is 2.21. The summed E-state index contributed by atoms with van der Waals surface area (Å²) in [4.78, 5) is 2.48. The van der Waals surface area contributed by atoms with Gasteiger partial charge in [-0.3, -0.25) is 0 Å². The molecule has 1 heterocycles.